The number of aromatic nitrogens is 4. The fourth-order valence-electron chi connectivity index (χ4n) is 3.48. The number of nitrogens with one attached hydrogen (secondary N) is 1. The third-order valence-corrected chi connectivity index (χ3v) is 5.19. The molecule has 25 heavy (non-hydrogen) atoms. The number of imidazole rings is 2. The Hall–Kier alpha value is -1.89. The number of hydrogen-bond donors (Lipinski definition) is 1. The van der Waals surface area contributed by atoms with Gasteiger partial charge in [-0.25, -0.2) is 9.97 Å². The van der Waals surface area contributed by atoms with Gasteiger partial charge in [-0.2, -0.15) is 0 Å². The minimum absolute atomic E-state index is 0.0954. The lowest BCUT2D eigenvalue weighted by Gasteiger charge is -2.30. The molecule has 0 aliphatic carbocycles. The van der Waals surface area contributed by atoms with Gasteiger partial charge >= 0.3 is 0 Å². The zero-order chi connectivity index (χ0) is 17.4. The Labute approximate surface area is 151 Å². The van der Waals surface area contributed by atoms with Crippen molar-refractivity contribution in [2.45, 2.75) is 31.5 Å². The van der Waals surface area contributed by atoms with Gasteiger partial charge in [0.05, 0.1) is 35.8 Å². The van der Waals surface area contributed by atoms with E-state index in [9.17, 15) is 0 Å². The topological polar surface area (TPSA) is 56.9 Å². The lowest BCUT2D eigenvalue weighted by Crippen LogP contribution is -2.36. The molecule has 3 aromatic rings. The molecule has 3 heterocycles. The van der Waals surface area contributed by atoms with Gasteiger partial charge in [0.2, 0.25) is 0 Å². The molecule has 2 atom stereocenters. The predicted octanol–water partition coefficient (Wildman–Crippen LogP) is 2.97. The normalized spacial score (nSPS) is 21.1. The highest BCUT2D eigenvalue weighted by molar-refractivity contribution is 6.31. The van der Waals surface area contributed by atoms with Crippen molar-refractivity contribution in [3.8, 4) is 0 Å². The Bertz CT molecular complexity index is 887. The molecule has 2 aromatic heterocycles. The molecule has 4 rings (SSSR count). The molecule has 1 saturated heterocycles. The van der Waals surface area contributed by atoms with Gasteiger partial charge in [-0.05, 0) is 31.0 Å². The van der Waals surface area contributed by atoms with Crippen LogP contribution in [0.1, 0.15) is 30.5 Å². The Morgan fingerprint density at radius 3 is 3.04 bits per heavy atom. The van der Waals surface area contributed by atoms with Crippen LogP contribution < -0.4 is 5.32 Å². The minimum atomic E-state index is 0.0954. The van der Waals surface area contributed by atoms with Crippen LogP contribution in [-0.2, 0) is 25.4 Å². The number of fused-ring (bicyclic) bond motifs is 1. The first-order valence-electron chi connectivity index (χ1n) is 8.54. The lowest BCUT2D eigenvalue weighted by molar-refractivity contribution is -0.00417. The summed E-state index contributed by atoms with van der Waals surface area (Å²) in [7, 11) is 4.05. The van der Waals surface area contributed by atoms with Gasteiger partial charge in [0.1, 0.15) is 11.9 Å². The van der Waals surface area contributed by atoms with Gasteiger partial charge in [0, 0.05) is 31.8 Å². The van der Waals surface area contributed by atoms with Crippen LogP contribution in [0.15, 0.2) is 30.7 Å². The summed E-state index contributed by atoms with van der Waals surface area (Å²) in [6.07, 6.45) is 5.75. The van der Waals surface area contributed by atoms with Crippen molar-refractivity contribution < 1.29 is 4.74 Å². The molecule has 0 unspecified atom stereocenters. The van der Waals surface area contributed by atoms with Crippen molar-refractivity contribution >= 4 is 22.6 Å². The fraction of sp³-hybridized carbons (Fsp3) is 0.444. The SMILES string of the molecule is Cn1cncc1[C@H]1C[C@H](NCc2nc3cc(Cl)ccc3n2C)CCO1. The number of rotatable bonds is 4. The number of hydrogen-bond acceptors (Lipinski definition) is 4. The predicted molar refractivity (Wildman–Crippen MR) is 97.5 cm³/mol. The van der Waals surface area contributed by atoms with E-state index in [1.807, 2.05) is 49.4 Å². The van der Waals surface area contributed by atoms with E-state index in [0.29, 0.717) is 11.1 Å². The number of aryl methyl sites for hydroxylation is 2. The van der Waals surface area contributed by atoms with E-state index in [4.69, 9.17) is 21.3 Å². The number of benzene rings is 1. The molecule has 132 valence electrons. The molecule has 1 aromatic carbocycles. The minimum Gasteiger partial charge on any atom is -0.372 e. The van der Waals surface area contributed by atoms with Crippen LogP contribution in [0, 0.1) is 0 Å². The van der Waals surface area contributed by atoms with Crippen LogP contribution in [0.3, 0.4) is 0 Å². The molecule has 6 nitrogen and oxygen atoms in total. The number of nitrogens with zero attached hydrogens (tertiary/aromatic N) is 4. The Balaban J connectivity index is 1.44. The highest BCUT2D eigenvalue weighted by Gasteiger charge is 2.25. The molecule has 0 bridgehead atoms. The van der Waals surface area contributed by atoms with E-state index in [1.165, 1.54) is 0 Å². The maximum absolute atomic E-state index is 6.07. The second-order valence-electron chi connectivity index (χ2n) is 6.61. The van der Waals surface area contributed by atoms with E-state index in [0.717, 1.165) is 48.5 Å². The second-order valence-corrected chi connectivity index (χ2v) is 7.05. The first-order chi connectivity index (χ1) is 12.1. The molecule has 0 amide bonds. The maximum atomic E-state index is 6.07. The van der Waals surface area contributed by atoms with Crippen LogP contribution in [-0.4, -0.2) is 31.8 Å². The molecular formula is C18H22ClN5O. The second kappa shape index (κ2) is 6.78. The Morgan fingerprint density at radius 2 is 2.24 bits per heavy atom. The van der Waals surface area contributed by atoms with Crippen LogP contribution in [0.25, 0.3) is 11.0 Å². The molecule has 1 aliphatic rings. The highest BCUT2D eigenvalue weighted by Crippen LogP contribution is 2.28. The summed E-state index contributed by atoms with van der Waals surface area (Å²) in [6, 6.07) is 6.23. The first-order valence-corrected chi connectivity index (χ1v) is 8.91. The summed E-state index contributed by atoms with van der Waals surface area (Å²) >= 11 is 6.07. The van der Waals surface area contributed by atoms with Crippen LogP contribution in [0.4, 0.5) is 0 Å². The molecule has 1 fully saturated rings. The van der Waals surface area contributed by atoms with Gasteiger partial charge in [-0.1, -0.05) is 11.6 Å². The van der Waals surface area contributed by atoms with E-state index < -0.39 is 0 Å². The summed E-state index contributed by atoms with van der Waals surface area (Å²) in [6.45, 7) is 1.48. The van der Waals surface area contributed by atoms with E-state index in [1.54, 1.807) is 0 Å². The quantitative estimate of drug-likeness (QED) is 0.778. The van der Waals surface area contributed by atoms with Crippen LogP contribution >= 0.6 is 11.6 Å². The van der Waals surface area contributed by atoms with Gasteiger partial charge in [-0.3, -0.25) is 0 Å². The van der Waals surface area contributed by atoms with E-state index >= 15 is 0 Å². The van der Waals surface area contributed by atoms with Gasteiger partial charge in [0.25, 0.3) is 0 Å². The van der Waals surface area contributed by atoms with Gasteiger partial charge in [-0.15, -0.1) is 0 Å². The maximum Gasteiger partial charge on any atom is 0.123 e. The van der Waals surface area contributed by atoms with Gasteiger partial charge < -0.3 is 19.2 Å². The molecule has 0 radical (unpaired) electrons. The summed E-state index contributed by atoms with van der Waals surface area (Å²) < 4.78 is 10.1. The van der Waals surface area contributed by atoms with Crippen molar-refractivity contribution in [2.24, 2.45) is 14.1 Å². The highest BCUT2D eigenvalue weighted by atomic mass is 35.5. The standard InChI is InChI=1S/C18H22ClN5O/c1-23-11-20-9-16(23)17-8-13(5-6-25-17)21-10-18-22-14-7-12(19)3-4-15(14)24(18)2/h3-4,7,9,11,13,17,21H,5-6,8,10H2,1-2H3/t13-,17-/m1/s1. The smallest absolute Gasteiger partial charge is 0.123 e. The summed E-state index contributed by atoms with van der Waals surface area (Å²) in [5.41, 5.74) is 3.16. The van der Waals surface area contributed by atoms with Crippen LogP contribution in [0.2, 0.25) is 5.02 Å². The molecule has 1 N–H and O–H groups in total. The molecule has 7 heteroatoms. The average molecular weight is 360 g/mol. The van der Waals surface area contributed by atoms with Crippen molar-refractivity contribution in [3.63, 3.8) is 0 Å². The Kier molecular flexibility index (Phi) is 4.50. The van der Waals surface area contributed by atoms with Crippen molar-refractivity contribution in [1.82, 2.24) is 24.4 Å². The number of ether oxygens (including phenoxy) is 1. The fourth-order valence-corrected chi connectivity index (χ4v) is 3.65. The lowest BCUT2D eigenvalue weighted by atomic mass is 10.0. The molecular weight excluding hydrogens is 338 g/mol. The summed E-state index contributed by atoms with van der Waals surface area (Å²) in [5, 5.41) is 4.36. The third kappa shape index (κ3) is 3.29. The molecule has 0 saturated carbocycles. The van der Waals surface area contributed by atoms with E-state index in [2.05, 4.69) is 14.9 Å². The largest absolute Gasteiger partial charge is 0.372 e. The summed E-state index contributed by atoms with van der Waals surface area (Å²) in [4.78, 5) is 8.91. The van der Waals surface area contributed by atoms with Gasteiger partial charge in [0.15, 0.2) is 0 Å². The zero-order valence-electron chi connectivity index (χ0n) is 14.4. The van der Waals surface area contributed by atoms with Crippen molar-refractivity contribution in [1.29, 1.82) is 0 Å². The van der Waals surface area contributed by atoms with Crippen LogP contribution in [0.5, 0.6) is 0 Å². The summed E-state index contributed by atoms with van der Waals surface area (Å²) in [5.74, 6) is 1.01. The third-order valence-electron chi connectivity index (χ3n) is 4.95. The van der Waals surface area contributed by atoms with E-state index in [-0.39, 0.29) is 6.10 Å². The van der Waals surface area contributed by atoms with Crippen molar-refractivity contribution in [2.75, 3.05) is 6.61 Å². The molecule has 1 aliphatic heterocycles. The Morgan fingerprint density at radius 1 is 1.36 bits per heavy atom. The first kappa shape index (κ1) is 16.6. The zero-order valence-corrected chi connectivity index (χ0v) is 15.2. The number of halogens is 1. The molecule has 0 spiro atoms. The average Bonchev–Trinajstić information content (AvgIpc) is 3.17. The monoisotopic (exact) mass is 359 g/mol. The van der Waals surface area contributed by atoms with Crippen molar-refractivity contribution in [3.05, 3.63) is 47.3 Å².